The summed E-state index contributed by atoms with van der Waals surface area (Å²) in [6.45, 7) is 2.28. The second-order valence-corrected chi connectivity index (χ2v) is 5.53. The van der Waals surface area contributed by atoms with Crippen molar-refractivity contribution in [1.29, 1.82) is 0 Å². The van der Waals surface area contributed by atoms with Crippen molar-refractivity contribution in [2.45, 2.75) is 32.2 Å². The summed E-state index contributed by atoms with van der Waals surface area (Å²) in [5.41, 5.74) is 6.70. The molecule has 2 aliphatic rings. The van der Waals surface area contributed by atoms with Crippen LogP contribution in [-0.4, -0.2) is 6.61 Å². The van der Waals surface area contributed by atoms with Crippen molar-refractivity contribution in [2.24, 2.45) is 0 Å². The van der Waals surface area contributed by atoms with E-state index in [2.05, 4.69) is 30.3 Å². The van der Waals surface area contributed by atoms with Crippen LogP contribution in [0.3, 0.4) is 0 Å². The largest absolute Gasteiger partial charge is 0.376 e. The summed E-state index contributed by atoms with van der Waals surface area (Å²) in [5.74, 6) is 0. The van der Waals surface area contributed by atoms with Gasteiger partial charge in [-0.05, 0) is 46.4 Å². The number of benzene rings is 2. The maximum absolute atomic E-state index is 6.03. The lowest BCUT2D eigenvalue weighted by Crippen LogP contribution is -2.17. The van der Waals surface area contributed by atoms with Crippen molar-refractivity contribution in [3.63, 3.8) is 0 Å². The van der Waals surface area contributed by atoms with E-state index in [1.165, 1.54) is 27.8 Å². The molecule has 2 aromatic rings. The average molecular weight is 265 g/mol. The van der Waals surface area contributed by atoms with Gasteiger partial charge in [0.25, 0.3) is 0 Å². The van der Waals surface area contributed by atoms with Gasteiger partial charge in [-0.15, -0.1) is 0 Å². The summed E-state index contributed by atoms with van der Waals surface area (Å²) in [6, 6.07) is 16.0. The molecule has 0 N–H and O–H groups in total. The summed E-state index contributed by atoms with van der Waals surface area (Å²) in [6.07, 6.45) is 2.15. The van der Waals surface area contributed by atoms with Crippen LogP contribution < -0.4 is 0 Å². The molecule has 2 aliphatic heterocycles. The summed E-state index contributed by atoms with van der Waals surface area (Å²) in [5, 5.41) is 0. The molecule has 1 radical (unpaired) electrons. The van der Waals surface area contributed by atoms with E-state index in [9.17, 15) is 0 Å². The van der Waals surface area contributed by atoms with Crippen LogP contribution in [0.5, 0.6) is 0 Å². The van der Waals surface area contributed by atoms with Crippen LogP contribution in [0.25, 0.3) is 0 Å². The van der Waals surface area contributed by atoms with Crippen molar-refractivity contribution in [3.8, 4) is 0 Å². The fraction of sp³-hybridized carbons (Fsp3) is 0.333. The zero-order valence-corrected chi connectivity index (χ0v) is 11.4. The van der Waals surface area contributed by atoms with Crippen LogP contribution in [0.15, 0.2) is 36.4 Å². The molecular formula is C18H17O2. The first kappa shape index (κ1) is 12.1. The zero-order chi connectivity index (χ0) is 13.4. The third-order valence-electron chi connectivity index (χ3n) is 4.27. The molecule has 2 nitrogen and oxygen atoms in total. The monoisotopic (exact) mass is 265 g/mol. The Labute approximate surface area is 119 Å². The highest BCUT2D eigenvalue weighted by Crippen LogP contribution is 2.32. The van der Waals surface area contributed by atoms with Gasteiger partial charge in [0, 0.05) is 6.42 Å². The molecule has 20 heavy (non-hydrogen) atoms. The number of fused-ring (bicyclic) bond motifs is 2. The Hall–Kier alpha value is -1.64. The Kier molecular flexibility index (Phi) is 3.06. The molecule has 101 valence electrons. The van der Waals surface area contributed by atoms with Gasteiger partial charge in [-0.3, -0.25) is 0 Å². The van der Waals surface area contributed by atoms with E-state index in [1.54, 1.807) is 0 Å². The van der Waals surface area contributed by atoms with Gasteiger partial charge in [0.1, 0.15) is 0 Å². The lowest BCUT2D eigenvalue weighted by Gasteiger charge is -2.27. The maximum atomic E-state index is 6.03. The molecule has 4 rings (SSSR count). The summed E-state index contributed by atoms with van der Waals surface area (Å²) >= 11 is 0. The van der Waals surface area contributed by atoms with E-state index < -0.39 is 0 Å². The first-order chi connectivity index (χ1) is 9.90. The van der Waals surface area contributed by atoms with Gasteiger partial charge in [0.15, 0.2) is 0 Å². The van der Waals surface area contributed by atoms with E-state index >= 15 is 0 Å². The highest BCUT2D eigenvalue weighted by molar-refractivity contribution is 5.36. The quantitative estimate of drug-likeness (QED) is 0.787. The van der Waals surface area contributed by atoms with Crippen molar-refractivity contribution < 1.29 is 9.47 Å². The van der Waals surface area contributed by atoms with Crippen LogP contribution in [0.4, 0.5) is 0 Å². The number of hydrogen-bond acceptors (Lipinski definition) is 2. The Bertz CT molecular complexity index is 633. The lowest BCUT2D eigenvalue weighted by atomic mass is 9.92. The Morgan fingerprint density at radius 2 is 2.00 bits per heavy atom. The maximum Gasteiger partial charge on any atom is 0.0870 e. The normalized spacial score (nSPS) is 21.1. The average Bonchev–Trinajstić information content (AvgIpc) is 2.54. The Morgan fingerprint density at radius 3 is 3.00 bits per heavy atom. The number of rotatable bonds is 1. The highest BCUT2D eigenvalue weighted by Gasteiger charge is 2.21. The van der Waals surface area contributed by atoms with E-state index in [0.29, 0.717) is 6.61 Å². The second kappa shape index (κ2) is 5.04. The fourth-order valence-electron chi connectivity index (χ4n) is 3.08. The van der Waals surface area contributed by atoms with Crippen LogP contribution in [0, 0.1) is 6.07 Å². The fourth-order valence-corrected chi connectivity index (χ4v) is 3.08. The van der Waals surface area contributed by atoms with Gasteiger partial charge in [-0.25, -0.2) is 0 Å². The third kappa shape index (κ3) is 2.15. The minimum Gasteiger partial charge on any atom is -0.376 e. The molecule has 0 fully saturated rings. The first-order valence-corrected chi connectivity index (χ1v) is 7.19. The van der Waals surface area contributed by atoms with Crippen molar-refractivity contribution >= 4 is 0 Å². The van der Waals surface area contributed by atoms with Gasteiger partial charge in [0.05, 0.1) is 25.9 Å². The van der Waals surface area contributed by atoms with Gasteiger partial charge in [-0.2, -0.15) is 0 Å². The number of ether oxygens (including phenoxy) is 2. The van der Waals surface area contributed by atoms with Crippen molar-refractivity contribution in [2.75, 3.05) is 6.61 Å². The van der Waals surface area contributed by atoms with Gasteiger partial charge in [0.2, 0.25) is 0 Å². The van der Waals surface area contributed by atoms with E-state index in [4.69, 9.17) is 9.47 Å². The van der Waals surface area contributed by atoms with E-state index in [-0.39, 0.29) is 6.10 Å². The molecule has 2 heteroatoms. The van der Waals surface area contributed by atoms with Crippen LogP contribution >= 0.6 is 0 Å². The number of hydrogen-bond donors (Lipinski definition) is 0. The van der Waals surface area contributed by atoms with Crippen LogP contribution in [0.2, 0.25) is 0 Å². The topological polar surface area (TPSA) is 18.5 Å². The first-order valence-electron chi connectivity index (χ1n) is 7.19. The van der Waals surface area contributed by atoms with E-state index in [0.717, 1.165) is 26.1 Å². The molecule has 0 saturated heterocycles. The van der Waals surface area contributed by atoms with Crippen LogP contribution in [0.1, 0.15) is 33.9 Å². The molecule has 2 heterocycles. The van der Waals surface area contributed by atoms with E-state index in [1.807, 2.05) is 12.1 Å². The third-order valence-corrected chi connectivity index (χ3v) is 4.27. The zero-order valence-electron chi connectivity index (χ0n) is 11.4. The molecule has 1 unspecified atom stereocenters. The summed E-state index contributed by atoms with van der Waals surface area (Å²) < 4.78 is 11.5. The minimum absolute atomic E-state index is 0.179. The molecule has 0 amide bonds. The molecule has 0 aliphatic carbocycles. The lowest BCUT2D eigenvalue weighted by molar-refractivity contribution is 0.0272. The Balaban J connectivity index is 1.63. The van der Waals surface area contributed by atoms with Gasteiger partial charge >= 0.3 is 0 Å². The van der Waals surface area contributed by atoms with Crippen molar-refractivity contribution in [1.82, 2.24) is 0 Å². The predicted octanol–water partition coefficient (Wildman–Crippen LogP) is 3.37. The van der Waals surface area contributed by atoms with Gasteiger partial charge < -0.3 is 9.47 Å². The van der Waals surface area contributed by atoms with Gasteiger partial charge in [-0.1, -0.05) is 30.3 Å². The molecule has 0 spiro atoms. The predicted molar refractivity (Wildman–Crippen MR) is 76.3 cm³/mol. The minimum atomic E-state index is 0.179. The van der Waals surface area contributed by atoms with Crippen molar-refractivity contribution in [3.05, 3.63) is 70.3 Å². The smallest absolute Gasteiger partial charge is 0.0870 e. The molecule has 0 bridgehead atoms. The molecule has 2 aromatic carbocycles. The molecular weight excluding hydrogens is 248 g/mol. The highest BCUT2D eigenvalue weighted by atomic mass is 16.5. The summed E-state index contributed by atoms with van der Waals surface area (Å²) in [7, 11) is 0. The molecule has 1 atom stereocenters. The standard InChI is InChI=1S/C18H17O2/c1-2-4-16-12-20-18(10-13(16)3-1)15-5-6-17-11-19-8-7-14(17)9-15/h1,3-6,9,18H,7-8,10-12H2. The second-order valence-electron chi connectivity index (χ2n) is 5.53. The summed E-state index contributed by atoms with van der Waals surface area (Å²) in [4.78, 5) is 0. The Morgan fingerprint density at radius 1 is 1.00 bits per heavy atom. The molecule has 0 saturated carbocycles. The van der Waals surface area contributed by atoms with Crippen LogP contribution in [-0.2, 0) is 35.5 Å². The molecule has 0 aromatic heterocycles. The SMILES string of the molecule is [c]1ccc2c(c1)COC(c1ccc3c(c1)CCOC3)C2.